The van der Waals surface area contributed by atoms with E-state index in [0.717, 1.165) is 0 Å². The number of carbonyl (C=O) groups is 2. The molecule has 0 aromatic heterocycles. The van der Waals surface area contributed by atoms with Crippen LogP contribution in [0.3, 0.4) is 0 Å². The summed E-state index contributed by atoms with van der Waals surface area (Å²) < 4.78 is 5.16. The number of hydrogen-bond acceptors (Lipinski definition) is 3. The largest absolute Gasteiger partial charge is 0.481 e. The first-order valence-corrected chi connectivity index (χ1v) is 6.63. The molecule has 1 aliphatic heterocycles. The van der Waals surface area contributed by atoms with Gasteiger partial charge in [0, 0.05) is 19.6 Å². The highest BCUT2D eigenvalue weighted by Gasteiger charge is 2.26. The van der Waals surface area contributed by atoms with Crippen molar-refractivity contribution in [1.29, 1.82) is 0 Å². The van der Waals surface area contributed by atoms with Crippen LogP contribution in [-0.4, -0.2) is 54.9 Å². The molecule has 0 radical (unpaired) electrons. The van der Waals surface area contributed by atoms with Crippen LogP contribution >= 0.6 is 0 Å². The van der Waals surface area contributed by atoms with Crippen molar-refractivity contribution in [3.8, 4) is 0 Å². The zero-order chi connectivity index (χ0) is 14.5. The minimum Gasteiger partial charge on any atom is -0.481 e. The van der Waals surface area contributed by atoms with Crippen molar-refractivity contribution in [3.63, 3.8) is 0 Å². The number of amides is 2. The lowest BCUT2D eigenvalue weighted by Crippen LogP contribution is -2.48. The lowest BCUT2D eigenvalue weighted by molar-refractivity contribution is -0.142. The maximum absolute atomic E-state index is 11.9. The summed E-state index contributed by atoms with van der Waals surface area (Å²) in [5.41, 5.74) is -0.0766. The first kappa shape index (κ1) is 15.8. The van der Waals surface area contributed by atoms with Gasteiger partial charge in [0.15, 0.2) is 0 Å². The number of carboxylic acids is 1. The lowest BCUT2D eigenvalue weighted by atomic mass is 9.84. The van der Waals surface area contributed by atoms with Gasteiger partial charge in [-0.3, -0.25) is 4.79 Å². The third-order valence-corrected chi connectivity index (χ3v) is 3.01. The van der Waals surface area contributed by atoms with E-state index in [2.05, 4.69) is 5.32 Å². The second kappa shape index (κ2) is 6.75. The molecule has 110 valence electrons. The zero-order valence-corrected chi connectivity index (χ0v) is 11.9. The molecule has 2 N–H and O–H groups in total. The summed E-state index contributed by atoms with van der Waals surface area (Å²) in [6, 6.07) is -0.205. The standard InChI is InChI=1S/C13H24N2O4/c1-13(2,3)8-10(11(16)17)9-14-12(18)15-4-6-19-7-5-15/h10H,4-9H2,1-3H3,(H,14,18)(H,16,17). The fourth-order valence-corrected chi connectivity index (χ4v) is 2.07. The van der Waals surface area contributed by atoms with Crippen molar-refractivity contribution >= 4 is 12.0 Å². The summed E-state index contributed by atoms with van der Waals surface area (Å²) in [6.45, 7) is 8.34. The first-order valence-electron chi connectivity index (χ1n) is 6.63. The van der Waals surface area contributed by atoms with Crippen LogP contribution in [0.2, 0.25) is 0 Å². The van der Waals surface area contributed by atoms with E-state index in [1.54, 1.807) is 4.90 Å². The number of nitrogens with zero attached hydrogens (tertiary/aromatic N) is 1. The van der Waals surface area contributed by atoms with E-state index in [9.17, 15) is 14.7 Å². The summed E-state index contributed by atoms with van der Waals surface area (Å²) in [5, 5.41) is 11.9. The number of carbonyl (C=O) groups excluding carboxylic acids is 1. The molecule has 19 heavy (non-hydrogen) atoms. The van der Waals surface area contributed by atoms with Crippen molar-refractivity contribution in [3.05, 3.63) is 0 Å². The Morgan fingerprint density at radius 3 is 2.37 bits per heavy atom. The van der Waals surface area contributed by atoms with Gasteiger partial charge in [-0.05, 0) is 11.8 Å². The Balaban J connectivity index is 2.42. The molecule has 0 spiro atoms. The topological polar surface area (TPSA) is 78.9 Å². The zero-order valence-electron chi connectivity index (χ0n) is 11.9. The van der Waals surface area contributed by atoms with E-state index >= 15 is 0 Å². The predicted molar refractivity (Wildman–Crippen MR) is 71.0 cm³/mol. The van der Waals surface area contributed by atoms with Gasteiger partial charge in [0.1, 0.15) is 0 Å². The van der Waals surface area contributed by atoms with Crippen LogP contribution in [0.15, 0.2) is 0 Å². The van der Waals surface area contributed by atoms with Crippen LogP contribution in [0.5, 0.6) is 0 Å². The summed E-state index contributed by atoms with van der Waals surface area (Å²) >= 11 is 0. The van der Waals surface area contributed by atoms with Crippen LogP contribution in [0.4, 0.5) is 4.79 Å². The number of morpholine rings is 1. The maximum Gasteiger partial charge on any atom is 0.317 e. The monoisotopic (exact) mass is 272 g/mol. The van der Waals surface area contributed by atoms with E-state index in [0.29, 0.717) is 32.7 Å². The Kier molecular flexibility index (Phi) is 5.60. The van der Waals surface area contributed by atoms with Crippen molar-refractivity contribution < 1.29 is 19.4 Å². The smallest absolute Gasteiger partial charge is 0.317 e. The molecule has 0 saturated carbocycles. The molecule has 1 rings (SSSR count). The van der Waals surface area contributed by atoms with Crippen LogP contribution in [0, 0.1) is 11.3 Å². The summed E-state index contributed by atoms with van der Waals surface area (Å²) in [5.74, 6) is -1.41. The fraction of sp³-hybridized carbons (Fsp3) is 0.846. The lowest BCUT2D eigenvalue weighted by Gasteiger charge is -2.28. The predicted octanol–water partition coefficient (Wildman–Crippen LogP) is 1.17. The second-order valence-electron chi connectivity index (χ2n) is 6.09. The number of aliphatic carboxylic acids is 1. The van der Waals surface area contributed by atoms with Gasteiger partial charge < -0.3 is 20.1 Å². The number of nitrogens with one attached hydrogen (secondary N) is 1. The van der Waals surface area contributed by atoms with Gasteiger partial charge in [-0.25, -0.2) is 4.79 Å². The van der Waals surface area contributed by atoms with Crippen molar-refractivity contribution in [1.82, 2.24) is 10.2 Å². The van der Waals surface area contributed by atoms with Crippen LogP contribution in [0.1, 0.15) is 27.2 Å². The highest BCUT2D eigenvalue weighted by molar-refractivity contribution is 5.76. The molecule has 6 heteroatoms. The number of hydrogen-bond donors (Lipinski definition) is 2. The van der Waals surface area contributed by atoms with E-state index in [1.807, 2.05) is 20.8 Å². The Bertz CT molecular complexity index is 319. The molecule has 6 nitrogen and oxygen atoms in total. The molecule has 0 bridgehead atoms. The molecule has 1 aliphatic rings. The van der Waals surface area contributed by atoms with Gasteiger partial charge in [0.2, 0.25) is 0 Å². The van der Waals surface area contributed by atoms with Crippen molar-refractivity contribution in [2.75, 3.05) is 32.8 Å². The van der Waals surface area contributed by atoms with E-state index in [1.165, 1.54) is 0 Å². The van der Waals surface area contributed by atoms with Crippen LogP contribution in [-0.2, 0) is 9.53 Å². The Morgan fingerprint density at radius 1 is 1.32 bits per heavy atom. The molecule has 1 atom stereocenters. The molecule has 1 heterocycles. The average molecular weight is 272 g/mol. The normalized spacial score (nSPS) is 17.9. The molecule has 1 saturated heterocycles. The van der Waals surface area contributed by atoms with E-state index in [-0.39, 0.29) is 18.0 Å². The minimum atomic E-state index is -0.864. The molecule has 2 amide bonds. The van der Waals surface area contributed by atoms with Gasteiger partial charge in [-0.15, -0.1) is 0 Å². The quantitative estimate of drug-likeness (QED) is 0.805. The fourth-order valence-electron chi connectivity index (χ4n) is 2.07. The van der Waals surface area contributed by atoms with Gasteiger partial charge in [0.05, 0.1) is 19.1 Å². The molecule has 0 aromatic carbocycles. The average Bonchev–Trinajstić information content (AvgIpc) is 2.33. The molecule has 0 aliphatic carbocycles. The Hall–Kier alpha value is -1.30. The summed E-state index contributed by atoms with van der Waals surface area (Å²) in [7, 11) is 0. The highest BCUT2D eigenvalue weighted by atomic mass is 16.5. The molecular weight excluding hydrogens is 248 g/mol. The van der Waals surface area contributed by atoms with Crippen molar-refractivity contribution in [2.45, 2.75) is 27.2 Å². The summed E-state index contributed by atoms with van der Waals surface area (Å²) in [4.78, 5) is 24.7. The number of ether oxygens (including phenoxy) is 1. The summed E-state index contributed by atoms with van der Waals surface area (Å²) in [6.07, 6.45) is 0.533. The maximum atomic E-state index is 11.9. The minimum absolute atomic E-state index is 0.0766. The molecule has 0 aromatic rings. The van der Waals surface area contributed by atoms with Gasteiger partial charge in [0.25, 0.3) is 0 Å². The molecule has 1 fully saturated rings. The Labute approximate surface area is 114 Å². The molecule has 1 unspecified atom stereocenters. The SMILES string of the molecule is CC(C)(C)CC(CNC(=O)N1CCOCC1)C(=O)O. The second-order valence-corrected chi connectivity index (χ2v) is 6.09. The van der Waals surface area contributed by atoms with Crippen molar-refractivity contribution in [2.24, 2.45) is 11.3 Å². The third-order valence-electron chi connectivity index (χ3n) is 3.01. The number of rotatable bonds is 4. The highest BCUT2D eigenvalue weighted by Crippen LogP contribution is 2.24. The molecular formula is C13H24N2O4. The third kappa shape index (κ3) is 5.92. The van der Waals surface area contributed by atoms with Crippen LogP contribution < -0.4 is 5.32 Å². The van der Waals surface area contributed by atoms with Gasteiger partial charge in [-0.1, -0.05) is 20.8 Å². The first-order chi connectivity index (χ1) is 8.79. The number of urea groups is 1. The van der Waals surface area contributed by atoms with Gasteiger partial charge in [-0.2, -0.15) is 0 Å². The Morgan fingerprint density at radius 2 is 1.89 bits per heavy atom. The van der Waals surface area contributed by atoms with Gasteiger partial charge >= 0.3 is 12.0 Å². The van der Waals surface area contributed by atoms with E-state index < -0.39 is 11.9 Å². The van der Waals surface area contributed by atoms with Crippen LogP contribution in [0.25, 0.3) is 0 Å². The van der Waals surface area contributed by atoms with E-state index in [4.69, 9.17) is 4.74 Å². The number of carboxylic acid groups (broad SMARTS) is 1.